The fourth-order valence-electron chi connectivity index (χ4n) is 1.80. The Morgan fingerprint density at radius 3 is 1.54 bits per heavy atom. The van der Waals surface area contributed by atoms with E-state index in [9.17, 15) is 0 Å². The largest absolute Gasteiger partial charge is 3.00 e. The zero-order valence-corrected chi connectivity index (χ0v) is 19.6. The van der Waals surface area contributed by atoms with E-state index in [0.29, 0.717) is 0 Å². The molecular weight excluding hydrogens is 495 g/mol. The van der Waals surface area contributed by atoms with Gasteiger partial charge >= 0.3 is 16.8 Å². The topological polar surface area (TPSA) is 12.4 Å². The van der Waals surface area contributed by atoms with Gasteiger partial charge in [-0.05, 0) is 56.3 Å². The molecule has 0 aliphatic heterocycles. The van der Waals surface area contributed by atoms with E-state index in [1.54, 1.807) is 0 Å². The summed E-state index contributed by atoms with van der Waals surface area (Å²) >= 11 is 0. The first-order valence-electron chi connectivity index (χ1n) is 8.00. The number of hydrogen-bond acceptors (Lipinski definition) is 1. The molecule has 0 atom stereocenters. The third-order valence-corrected chi connectivity index (χ3v) is 4.42. The first kappa shape index (κ1) is 28.0. The van der Waals surface area contributed by atoms with Crippen molar-refractivity contribution in [2.75, 3.05) is 13.3 Å². The van der Waals surface area contributed by atoms with Gasteiger partial charge in [-0.3, -0.25) is 0 Å². The molecule has 0 amide bonds. The van der Waals surface area contributed by atoms with Crippen LogP contribution in [0.15, 0.2) is 65.7 Å². The number of aliphatic imine (C=N–C) groups is 1. The number of hydrogen-bond donors (Lipinski definition) is 0. The van der Waals surface area contributed by atoms with Crippen molar-refractivity contribution in [2.24, 2.45) is 4.99 Å². The van der Waals surface area contributed by atoms with Crippen molar-refractivity contribution in [1.29, 1.82) is 0 Å². The van der Waals surface area contributed by atoms with E-state index in [1.807, 2.05) is 57.2 Å². The summed E-state index contributed by atoms with van der Waals surface area (Å²) in [6.45, 7) is 7.09. The second-order valence-corrected chi connectivity index (χ2v) is 7.52. The first-order chi connectivity index (χ1) is 11.7. The minimum atomic E-state index is 0. The first-order valence-corrected chi connectivity index (χ1v) is 10.2. The van der Waals surface area contributed by atoms with Gasteiger partial charge in [0.05, 0.1) is 0 Å². The summed E-state index contributed by atoms with van der Waals surface area (Å²) in [5, 5.41) is 1.48. The predicted octanol–water partition coefficient (Wildman–Crippen LogP) is 2.23. The van der Waals surface area contributed by atoms with Gasteiger partial charge in [-0.2, -0.15) is 6.92 Å². The van der Waals surface area contributed by atoms with E-state index in [0.717, 1.165) is 6.54 Å². The minimum absolute atomic E-state index is 0. The van der Waals surface area contributed by atoms with Crippen LogP contribution in [0.1, 0.15) is 12.5 Å². The van der Waals surface area contributed by atoms with Crippen LogP contribution in [0.5, 0.6) is 0 Å². The van der Waals surface area contributed by atoms with Gasteiger partial charge in [0.15, 0.2) is 0 Å². The Morgan fingerprint density at radius 1 is 0.769 bits per heavy atom. The molecule has 0 bridgehead atoms. The molecule has 2 aromatic carbocycles. The Labute approximate surface area is 189 Å². The third kappa shape index (κ3) is 14.9. The van der Waals surface area contributed by atoms with Crippen LogP contribution >= 0.6 is 7.92 Å². The zero-order valence-electron chi connectivity index (χ0n) is 15.5. The van der Waals surface area contributed by atoms with Crippen molar-refractivity contribution < 1.29 is 40.8 Å². The summed E-state index contributed by atoms with van der Waals surface area (Å²) in [7, 11) is 0.104. The molecule has 1 fully saturated rings. The van der Waals surface area contributed by atoms with Crippen molar-refractivity contribution in [1.82, 2.24) is 0 Å². The number of halogens is 1. The Morgan fingerprint density at radius 2 is 1.19 bits per heavy atom. The van der Waals surface area contributed by atoms with Crippen molar-refractivity contribution in [2.45, 2.75) is 13.5 Å². The second-order valence-electron chi connectivity index (χ2n) is 5.22. The Kier molecular flexibility index (Phi) is 21.0. The molecule has 0 aromatic heterocycles. The van der Waals surface area contributed by atoms with Crippen molar-refractivity contribution in [3.05, 3.63) is 98.3 Å². The molecule has 1 aliphatic rings. The van der Waals surface area contributed by atoms with Crippen LogP contribution in [0.4, 0.5) is 0 Å². The zero-order chi connectivity index (χ0) is 17.5. The minimum Gasteiger partial charge on any atom is -1.00 e. The molecule has 0 heterocycles. The number of nitrogens with zero attached hydrogens (tertiary/aromatic N) is 1. The average molecular weight is 521 g/mol. The number of benzene rings is 2. The van der Waals surface area contributed by atoms with E-state index >= 15 is 0 Å². The molecule has 0 unspecified atom stereocenters. The van der Waals surface area contributed by atoms with Crippen LogP contribution in [-0.4, -0.2) is 19.5 Å². The van der Waals surface area contributed by atoms with Crippen molar-refractivity contribution >= 4 is 19.4 Å². The summed E-state index contributed by atoms with van der Waals surface area (Å²) in [6, 6.07) is 20.8. The molecule has 4 heteroatoms. The van der Waals surface area contributed by atoms with Gasteiger partial charge in [-0.15, -0.1) is 0 Å². The van der Waals surface area contributed by atoms with Gasteiger partial charge in [0, 0.05) is 6.54 Å². The monoisotopic (exact) mass is 521 g/mol. The maximum Gasteiger partial charge on any atom is 3.00 e. The molecule has 1 aliphatic carbocycles. The third-order valence-electron chi connectivity index (χ3n) is 3.09. The van der Waals surface area contributed by atoms with E-state index < -0.39 is 0 Å². The van der Waals surface area contributed by atoms with E-state index in [-0.39, 0.29) is 48.7 Å². The maximum atomic E-state index is 3.99. The number of rotatable bonds is 3. The summed E-state index contributed by atoms with van der Waals surface area (Å²) in [5.41, 5.74) is 1.23. The summed E-state index contributed by atoms with van der Waals surface area (Å²) in [6.07, 6.45) is 12.7. The molecule has 0 N–H and O–H groups in total. The van der Waals surface area contributed by atoms with Crippen LogP contribution in [-0.2, 0) is 23.3 Å². The van der Waals surface area contributed by atoms with Gasteiger partial charge in [-0.25, -0.2) is 0 Å². The molecule has 26 heavy (non-hydrogen) atoms. The molecule has 0 saturated heterocycles. The fourth-order valence-corrected chi connectivity index (χ4v) is 2.57. The van der Waals surface area contributed by atoms with Gasteiger partial charge in [0.2, 0.25) is 0 Å². The van der Waals surface area contributed by atoms with Gasteiger partial charge in [-0.1, -0.05) is 68.6 Å². The van der Waals surface area contributed by atoms with Gasteiger partial charge < -0.3 is 35.2 Å². The Hall–Kier alpha value is -0.224. The van der Waals surface area contributed by atoms with E-state index in [1.165, 1.54) is 10.9 Å². The van der Waals surface area contributed by atoms with E-state index in [2.05, 4.69) is 67.0 Å². The Bertz CT molecular complexity index is 535. The normalized spacial score (nSPS) is 12.2. The van der Waals surface area contributed by atoms with E-state index in [4.69, 9.17) is 0 Å². The maximum absolute atomic E-state index is 3.99. The molecule has 1 nitrogen and oxygen atoms in total. The molecule has 1 saturated carbocycles. The van der Waals surface area contributed by atoms with Crippen LogP contribution in [0, 0.1) is 32.1 Å². The summed E-state index contributed by atoms with van der Waals surface area (Å²) in [5.74, 6) is 0. The smallest absolute Gasteiger partial charge is 1.00 e. The molecule has 0 spiro atoms. The van der Waals surface area contributed by atoms with Crippen LogP contribution < -0.4 is 29.3 Å². The average Bonchev–Trinajstić information content (AvgIpc) is 3.22. The quantitative estimate of drug-likeness (QED) is 0.255. The fraction of sp³-hybridized carbons (Fsp3) is 0.182. The Balaban J connectivity index is 0. The molecular formula is C22H26CoINP+. The summed E-state index contributed by atoms with van der Waals surface area (Å²) < 4.78 is 0. The van der Waals surface area contributed by atoms with Gasteiger partial charge in [0.1, 0.15) is 0 Å². The summed E-state index contributed by atoms with van der Waals surface area (Å²) in [4.78, 5) is 3.99. The second kappa shape index (κ2) is 19.5. The predicted molar refractivity (Wildman–Crippen MR) is 110 cm³/mol. The molecule has 2 aromatic rings. The van der Waals surface area contributed by atoms with Crippen LogP contribution in [0.3, 0.4) is 0 Å². The van der Waals surface area contributed by atoms with Gasteiger partial charge in [0.25, 0.3) is 0 Å². The van der Waals surface area contributed by atoms with Crippen LogP contribution in [0.25, 0.3) is 0 Å². The molecule has 5 radical (unpaired) electrons. The van der Waals surface area contributed by atoms with Crippen molar-refractivity contribution in [3.63, 3.8) is 0 Å². The standard InChI is InChI=1S/C9H10N.C8H11P.C5H5.Co.HI/c1-2-10-8-9-6-4-3-5-7-9;1-9(2)8-6-4-3-5-7-8;1-2-4-5-3-1;;/h3-7H,8H2,1H3;3-7H,1-2H3;1-5H;;1H/q-1;;;+3;/p-1. The van der Waals surface area contributed by atoms with Crippen molar-refractivity contribution in [3.8, 4) is 0 Å². The SMILES string of the molecule is CP(C)c1ccccc1.C[C-]=NCc1ccccc1.[CH]1[CH][CH][CH][CH]1.[Co+3].[I-]. The van der Waals surface area contributed by atoms with Crippen LogP contribution in [0.2, 0.25) is 0 Å². The molecule has 139 valence electrons. The molecule has 3 rings (SSSR count).